The quantitative estimate of drug-likeness (QED) is 0.875. The second-order valence-electron chi connectivity index (χ2n) is 5.45. The molecule has 1 aliphatic heterocycles. The molecule has 1 unspecified atom stereocenters. The molecule has 0 saturated carbocycles. The summed E-state index contributed by atoms with van der Waals surface area (Å²) in [6, 6.07) is 10.3. The first-order valence-corrected chi connectivity index (χ1v) is 7.24. The Kier molecular flexibility index (Phi) is 7.63. The largest absolute Gasteiger partial charge is 0.345 e. The van der Waals surface area contributed by atoms with E-state index in [-0.39, 0.29) is 18.3 Å². The van der Waals surface area contributed by atoms with E-state index in [2.05, 4.69) is 17.4 Å². The topological polar surface area (TPSA) is 32.3 Å². The molecule has 1 fully saturated rings. The van der Waals surface area contributed by atoms with Crippen molar-refractivity contribution in [1.29, 1.82) is 0 Å². The van der Waals surface area contributed by atoms with Crippen LogP contribution in [-0.2, 0) is 11.2 Å². The highest BCUT2D eigenvalue weighted by molar-refractivity contribution is 5.85. The highest BCUT2D eigenvalue weighted by Crippen LogP contribution is 2.15. The third-order valence-corrected chi connectivity index (χ3v) is 3.93. The monoisotopic (exact) mass is 296 g/mol. The van der Waals surface area contributed by atoms with E-state index in [9.17, 15) is 4.79 Å². The van der Waals surface area contributed by atoms with Crippen LogP contribution in [0.4, 0.5) is 0 Å². The van der Waals surface area contributed by atoms with E-state index in [4.69, 9.17) is 0 Å². The molecule has 4 heteroatoms. The number of likely N-dealkylation sites (N-methyl/N-ethyl adjacent to an activating group) is 1. The Morgan fingerprint density at radius 1 is 1.35 bits per heavy atom. The van der Waals surface area contributed by atoms with Crippen molar-refractivity contribution in [1.82, 2.24) is 10.2 Å². The Balaban J connectivity index is 0.00000200. The maximum Gasteiger partial charge on any atom is 0.222 e. The molecule has 1 aromatic carbocycles. The van der Waals surface area contributed by atoms with Gasteiger partial charge < -0.3 is 10.2 Å². The molecule has 1 atom stereocenters. The molecule has 1 amide bonds. The second-order valence-corrected chi connectivity index (χ2v) is 5.45. The van der Waals surface area contributed by atoms with Gasteiger partial charge in [0, 0.05) is 20.0 Å². The summed E-state index contributed by atoms with van der Waals surface area (Å²) in [5.41, 5.74) is 1.29. The summed E-state index contributed by atoms with van der Waals surface area (Å²) in [6.07, 6.45) is 3.88. The lowest BCUT2D eigenvalue weighted by molar-refractivity contribution is -0.130. The number of nitrogens with zero attached hydrogens (tertiary/aromatic N) is 1. The minimum Gasteiger partial charge on any atom is -0.345 e. The van der Waals surface area contributed by atoms with Gasteiger partial charge in [0.1, 0.15) is 0 Å². The number of carbonyl (C=O) groups excluding carboxylic acids is 1. The molecule has 0 radical (unpaired) electrons. The normalized spacial score (nSPS) is 17.6. The molecule has 0 aliphatic carbocycles. The smallest absolute Gasteiger partial charge is 0.222 e. The number of benzene rings is 1. The van der Waals surface area contributed by atoms with E-state index in [1.54, 1.807) is 0 Å². The van der Waals surface area contributed by atoms with E-state index < -0.39 is 0 Å². The van der Waals surface area contributed by atoms with Crippen molar-refractivity contribution >= 4 is 18.3 Å². The Morgan fingerprint density at radius 3 is 2.75 bits per heavy atom. The van der Waals surface area contributed by atoms with E-state index in [1.165, 1.54) is 12.0 Å². The predicted octanol–water partition coefficient (Wildman–Crippen LogP) is 2.50. The van der Waals surface area contributed by atoms with Gasteiger partial charge in [0.15, 0.2) is 0 Å². The van der Waals surface area contributed by atoms with Crippen molar-refractivity contribution in [2.24, 2.45) is 5.92 Å². The summed E-state index contributed by atoms with van der Waals surface area (Å²) in [5.74, 6) is 0.981. The number of hydrogen-bond donors (Lipinski definition) is 1. The van der Waals surface area contributed by atoms with Crippen LogP contribution in [0.5, 0.6) is 0 Å². The molecule has 1 heterocycles. The van der Waals surface area contributed by atoms with Crippen molar-refractivity contribution < 1.29 is 4.79 Å². The fourth-order valence-corrected chi connectivity index (χ4v) is 2.55. The van der Waals surface area contributed by atoms with Gasteiger partial charge in [-0.25, -0.2) is 0 Å². The zero-order valence-corrected chi connectivity index (χ0v) is 13.0. The summed E-state index contributed by atoms with van der Waals surface area (Å²) >= 11 is 0. The zero-order chi connectivity index (χ0) is 13.5. The van der Waals surface area contributed by atoms with E-state index in [0.717, 1.165) is 32.5 Å². The number of hydrogen-bond acceptors (Lipinski definition) is 2. The van der Waals surface area contributed by atoms with Gasteiger partial charge in [0.05, 0.1) is 0 Å². The molecule has 20 heavy (non-hydrogen) atoms. The first-order valence-electron chi connectivity index (χ1n) is 7.24. The molecule has 0 spiro atoms. The van der Waals surface area contributed by atoms with Gasteiger partial charge in [-0.2, -0.15) is 0 Å². The van der Waals surface area contributed by atoms with Crippen LogP contribution in [0.2, 0.25) is 0 Å². The van der Waals surface area contributed by atoms with Crippen LogP contribution in [0.1, 0.15) is 24.8 Å². The first kappa shape index (κ1) is 17.0. The summed E-state index contributed by atoms with van der Waals surface area (Å²) in [6.45, 7) is 3.01. The minimum atomic E-state index is 0. The molecule has 0 bridgehead atoms. The second kappa shape index (κ2) is 8.98. The zero-order valence-electron chi connectivity index (χ0n) is 12.2. The molecule has 1 aliphatic rings. The number of halogens is 1. The summed E-state index contributed by atoms with van der Waals surface area (Å²) in [7, 11) is 1.91. The van der Waals surface area contributed by atoms with Crippen LogP contribution in [0.25, 0.3) is 0 Å². The van der Waals surface area contributed by atoms with Gasteiger partial charge in [0.25, 0.3) is 0 Å². The summed E-state index contributed by atoms with van der Waals surface area (Å²) in [5, 5.41) is 3.35. The lowest BCUT2D eigenvalue weighted by atomic mass is 10.0. The molecule has 112 valence electrons. The number of nitrogens with one attached hydrogen (secondary N) is 1. The number of rotatable bonds is 6. The Labute approximate surface area is 128 Å². The molecule has 2 rings (SSSR count). The molecule has 3 nitrogen and oxygen atoms in total. The molecule has 1 N–H and O–H groups in total. The highest BCUT2D eigenvalue weighted by atomic mass is 35.5. The first-order chi connectivity index (χ1) is 9.25. The third kappa shape index (κ3) is 5.51. The SMILES string of the molecule is CN(CCc1ccccc1)C(=O)CCC1CCNC1.Cl. The van der Waals surface area contributed by atoms with Crippen LogP contribution in [0.15, 0.2) is 30.3 Å². The fraction of sp³-hybridized carbons (Fsp3) is 0.562. The van der Waals surface area contributed by atoms with Crippen molar-refractivity contribution in [3.8, 4) is 0 Å². The molecular weight excluding hydrogens is 272 g/mol. The van der Waals surface area contributed by atoms with Gasteiger partial charge in [0.2, 0.25) is 5.91 Å². The van der Waals surface area contributed by atoms with Gasteiger partial charge in [-0.05, 0) is 43.8 Å². The van der Waals surface area contributed by atoms with Crippen LogP contribution >= 0.6 is 12.4 Å². The summed E-state index contributed by atoms with van der Waals surface area (Å²) < 4.78 is 0. The summed E-state index contributed by atoms with van der Waals surface area (Å²) in [4.78, 5) is 13.9. The number of carbonyl (C=O) groups is 1. The van der Waals surface area contributed by atoms with Crippen molar-refractivity contribution in [2.75, 3.05) is 26.7 Å². The van der Waals surface area contributed by atoms with Gasteiger partial charge in [-0.1, -0.05) is 30.3 Å². The highest BCUT2D eigenvalue weighted by Gasteiger charge is 2.17. The molecule has 1 saturated heterocycles. The molecular formula is C16H25ClN2O. The Morgan fingerprint density at radius 2 is 2.10 bits per heavy atom. The van der Waals surface area contributed by atoms with Crippen LogP contribution in [0.3, 0.4) is 0 Å². The van der Waals surface area contributed by atoms with Crippen LogP contribution in [0, 0.1) is 5.92 Å². The lowest BCUT2D eigenvalue weighted by Gasteiger charge is -2.18. The maximum absolute atomic E-state index is 12.0. The molecule has 1 aromatic rings. The fourth-order valence-electron chi connectivity index (χ4n) is 2.55. The van der Waals surface area contributed by atoms with Crippen LogP contribution < -0.4 is 5.32 Å². The standard InChI is InChI=1S/C16H24N2O.ClH/c1-18(12-10-14-5-3-2-4-6-14)16(19)8-7-15-9-11-17-13-15;/h2-6,15,17H,7-13H2,1H3;1H. The van der Waals surface area contributed by atoms with E-state index in [1.807, 2.05) is 30.1 Å². The number of amides is 1. The Bertz CT molecular complexity index is 391. The van der Waals surface area contributed by atoms with E-state index in [0.29, 0.717) is 12.3 Å². The predicted molar refractivity (Wildman–Crippen MR) is 85.2 cm³/mol. The minimum absolute atomic E-state index is 0. The average Bonchev–Trinajstić information content (AvgIpc) is 2.96. The van der Waals surface area contributed by atoms with Crippen molar-refractivity contribution in [2.45, 2.75) is 25.7 Å². The lowest BCUT2D eigenvalue weighted by Crippen LogP contribution is -2.29. The molecule has 0 aromatic heterocycles. The third-order valence-electron chi connectivity index (χ3n) is 3.93. The average molecular weight is 297 g/mol. The Hall–Kier alpha value is -1.06. The van der Waals surface area contributed by atoms with Crippen molar-refractivity contribution in [3.05, 3.63) is 35.9 Å². The van der Waals surface area contributed by atoms with E-state index >= 15 is 0 Å². The van der Waals surface area contributed by atoms with Crippen LogP contribution in [-0.4, -0.2) is 37.5 Å². The van der Waals surface area contributed by atoms with Gasteiger partial charge in [-0.3, -0.25) is 4.79 Å². The maximum atomic E-state index is 12.0. The van der Waals surface area contributed by atoms with Crippen molar-refractivity contribution in [3.63, 3.8) is 0 Å². The van der Waals surface area contributed by atoms with Gasteiger partial charge in [-0.15, -0.1) is 12.4 Å². The van der Waals surface area contributed by atoms with Gasteiger partial charge >= 0.3 is 0 Å².